The number of ether oxygens (including phenoxy) is 1. The molecule has 1 fully saturated rings. The highest BCUT2D eigenvalue weighted by molar-refractivity contribution is 7.89. The predicted octanol–water partition coefficient (Wildman–Crippen LogP) is 3.30. The highest BCUT2D eigenvalue weighted by Gasteiger charge is 2.33. The fourth-order valence-electron chi connectivity index (χ4n) is 3.27. The summed E-state index contributed by atoms with van der Waals surface area (Å²) in [5.41, 5.74) is 0.146. The lowest BCUT2D eigenvalue weighted by Gasteiger charge is -2.31. The van der Waals surface area contributed by atoms with Crippen LogP contribution in [0.4, 0.5) is 11.4 Å². The monoisotopic (exact) mass is 453 g/mol. The van der Waals surface area contributed by atoms with Gasteiger partial charge in [-0.1, -0.05) is 17.7 Å². The first-order chi connectivity index (χ1) is 14.2. The van der Waals surface area contributed by atoms with E-state index >= 15 is 0 Å². The molecular weight excluding hydrogens is 434 g/mol. The molecule has 0 aromatic heterocycles. The number of benzene rings is 2. The minimum Gasteiger partial charge on any atom is -0.495 e. The molecule has 3 rings (SSSR count). The minimum absolute atomic E-state index is 0.00669. The van der Waals surface area contributed by atoms with Gasteiger partial charge in [0.15, 0.2) is 0 Å². The third kappa shape index (κ3) is 4.72. The predicted molar refractivity (Wildman–Crippen MR) is 111 cm³/mol. The summed E-state index contributed by atoms with van der Waals surface area (Å²) in [6.07, 6.45) is 1.02. The summed E-state index contributed by atoms with van der Waals surface area (Å²) in [4.78, 5) is 23.0. The molecule has 1 amide bonds. The number of nitrogens with one attached hydrogen (secondary N) is 1. The van der Waals surface area contributed by atoms with Gasteiger partial charge in [-0.25, -0.2) is 8.42 Å². The summed E-state index contributed by atoms with van der Waals surface area (Å²) in [6.45, 7) is 0.291. The number of halogens is 1. The van der Waals surface area contributed by atoms with E-state index in [2.05, 4.69) is 5.32 Å². The Morgan fingerprint density at radius 3 is 2.73 bits per heavy atom. The van der Waals surface area contributed by atoms with Crippen LogP contribution in [-0.4, -0.2) is 43.8 Å². The average molecular weight is 454 g/mol. The van der Waals surface area contributed by atoms with Gasteiger partial charge in [0.05, 0.1) is 27.9 Å². The molecule has 1 saturated heterocycles. The van der Waals surface area contributed by atoms with Crippen LogP contribution >= 0.6 is 11.6 Å². The first-order valence-corrected chi connectivity index (χ1v) is 10.9. The molecule has 1 aliphatic heterocycles. The Morgan fingerprint density at radius 1 is 1.30 bits per heavy atom. The number of nitro benzene ring substituents is 1. The van der Waals surface area contributed by atoms with Gasteiger partial charge in [0.1, 0.15) is 5.75 Å². The maximum Gasteiger partial charge on any atom is 0.271 e. The summed E-state index contributed by atoms with van der Waals surface area (Å²) in [5.74, 6) is -0.604. The Kier molecular flexibility index (Phi) is 6.59. The maximum atomic E-state index is 13.0. The molecule has 2 aromatic rings. The SMILES string of the molecule is COc1ccc(S(=O)(=O)N2CCC[C@@H](C(=O)Nc3cccc([N+](=O)[O-])c3)C2)cc1Cl. The van der Waals surface area contributed by atoms with Crippen LogP contribution in [0.25, 0.3) is 0 Å². The van der Waals surface area contributed by atoms with Crippen molar-refractivity contribution in [2.24, 2.45) is 5.92 Å². The number of non-ortho nitro benzene ring substituents is 1. The van der Waals surface area contributed by atoms with E-state index in [4.69, 9.17) is 16.3 Å². The zero-order valence-electron chi connectivity index (χ0n) is 16.1. The van der Waals surface area contributed by atoms with E-state index in [1.807, 2.05) is 0 Å². The van der Waals surface area contributed by atoms with Crippen molar-refractivity contribution in [1.82, 2.24) is 4.31 Å². The van der Waals surface area contributed by atoms with Gasteiger partial charge in [0, 0.05) is 30.9 Å². The Balaban J connectivity index is 1.74. The highest BCUT2D eigenvalue weighted by Crippen LogP contribution is 2.30. The lowest BCUT2D eigenvalue weighted by Crippen LogP contribution is -2.43. The highest BCUT2D eigenvalue weighted by atomic mass is 35.5. The van der Waals surface area contributed by atoms with Crippen molar-refractivity contribution in [3.8, 4) is 5.75 Å². The summed E-state index contributed by atoms with van der Waals surface area (Å²) in [5, 5.41) is 13.7. The second-order valence-corrected chi connectivity index (χ2v) is 9.14. The molecule has 160 valence electrons. The molecule has 1 atom stereocenters. The van der Waals surface area contributed by atoms with Crippen LogP contribution in [0.3, 0.4) is 0 Å². The Bertz CT molecular complexity index is 1080. The second-order valence-electron chi connectivity index (χ2n) is 6.80. The number of hydrogen-bond donors (Lipinski definition) is 1. The van der Waals surface area contributed by atoms with Gasteiger partial charge in [-0.2, -0.15) is 4.31 Å². The molecular formula is C19H20ClN3O6S. The van der Waals surface area contributed by atoms with Gasteiger partial charge in [-0.3, -0.25) is 14.9 Å². The summed E-state index contributed by atoms with van der Waals surface area (Å²) in [6, 6.07) is 9.81. The van der Waals surface area contributed by atoms with Crippen LogP contribution in [-0.2, 0) is 14.8 Å². The smallest absolute Gasteiger partial charge is 0.271 e. The molecule has 1 N–H and O–H groups in total. The van der Waals surface area contributed by atoms with Gasteiger partial charge in [-0.15, -0.1) is 0 Å². The third-order valence-electron chi connectivity index (χ3n) is 4.84. The Morgan fingerprint density at radius 2 is 2.07 bits per heavy atom. The Labute approximate surface area is 178 Å². The number of amides is 1. The number of rotatable bonds is 6. The molecule has 9 nitrogen and oxygen atoms in total. The maximum absolute atomic E-state index is 13.0. The topological polar surface area (TPSA) is 119 Å². The van der Waals surface area contributed by atoms with Crippen molar-refractivity contribution in [2.75, 3.05) is 25.5 Å². The van der Waals surface area contributed by atoms with Gasteiger partial charge < -0.3 is 10.1 Å². The Hall–Kier alpha value is -2.69. The van der Waals surface area contributed by atoms with E-state index in [9.17, 15) is 23.3 Å². The molecule has 11 heteroatoms. The summed E-state index contributed by atoms with van der Waals surface area (Å²) in [7, 11) is -2.41. The molecule has 1 aliphatic rings. The molecule has 0 aliphatic carbocycles. The number of piperidine rings is 1. The molecule has 0 saturated carbocycles. The first kappa shape index (κ1) is 22.0. The number of hydrogen-bond acceptors (Lipinski definition) is 6. The number of anilines is 1. The van der Waals surface area contributed by atoms with Gasteiger partial charge >= 0.3 is 0 Å². The van der Waals surface area contributed by atoms with E-state index < -0.39 is 20.9 Å². The van der Waals surface area contributed by atoms with Crippen LogP contribution < -0.4 is 10.1 Å². The molecule has 0 unspecified atom stereocenters. The number of carbonyl (C=O) groups is 1. The number of nitrogens with zero attached hydrogens (tertiary/aromatic N) is 2. The van der Waals surface area contributed by atoms with Gasteiger partial charge in [0.2, 0.25) is 15.9 Å². The van der Waals surface area contributed by atoms with Crippen molar-refractivity contribution in [3.63, 3.8) is 0 Å². The first-order valence-electron chi connectivity index (χ1n) is 9.11. The van der Waals surface area contributed by atoms with Crippen molar-refractivity contribution >= 4 is 38.9 Å². The van der Waals surface area contributed by atoms with Crippen LogP contribution in [0.2, 0.25) is 5.02 Å². The lowest BCUT2D eigenvalue weighted by atomic mass is 9.98. The van der Waals surface area contributed by atoms with Crippen molar-refractivity contribution in [2.45, 2.75) is 17.7 Å². The van der Waals surface area contributed by atoms with Crippen LogP contribution in [0.15, 0.2) is 47.4 Å². The van der Waals surface area contributed by atoms with E-state index in [-0.39, 0.29) is 40.3 Å². The second kappa shape index (κ2) is 8.99. The summed E-state index contributed by atoms with van der Waals surface area (Å²) < 4.78 is 32.3. The van der Waals surface area contributed by atoms with E-state index in [1.165, 1.54) is 47.8 Å². The number of nitro groups is 1. The van der Waals surface area contributed by atoms with Crippen molar-refractivity contribution in [1.29, 1.82) is 0 Å². The van der Waals surface area contributed by atoms with E-state index in [0.29, 0.717) is 18.6 Å². The molecule has 2 aromatic carbocycles. The minimum atomic E-state index is -3.84. The quantitative estimate of drug-likeness (QED) is 0.529. The molecule has 0 bridgehead atoms. The van der Waals surface area contributed by atoms with Gasteiger partial charge in [0.25, 0.3) is 5.69 Å². The number of sulfonamides is 1. The molecule has 1 heterocycles. The zero-order valence-corrected chi connectivity index (χ0v) is 17.6. The standard InChI is InChI=1S/C19H20ClN3O6S/c1-29-18-8-7-16(11-17(18)20)30(27,28)22-9-3-4-13(12-22)19(24)21-14-5-2-6-15(10-14)23(25)26/h2,5-8,10-11,13H,3-4,9,12H2,1H3,(H,21,24)/t13-/m1/s1. The molecule has 0 radical (unpaired) electrons. The normalized spacial score (nSPS) is 17.3. The van der Waals surface area contributed by atoms with Crippen molar-refractivity contribution in [3.05, 3.63) is 57.6 Å². The van der Waals surface area contributed by atoms with E-state index in [0.717, 1.165) is 0 Å². The largest absolute Gasteiger partial charge is 0.495 e. The van der Waals surface area contributed by atoms with Crippen molar-refractivity contribution < 1.29 is 22.9 Å². The zero-order chi connectivity index (χ0) is 21.9. The fourth-order valence-corrected chi connectivity index (χ4v) is 5.15. The van der Waals surface area contributed by atoms with Gasteiger partial charge in [-0.05, 0) is 37.1 Å². The third-order valence-corrected chi connectivity index (χ3v) is 7.00. The average Bonchev–Trinajstić information content (AvgIpc) is 2.74. The van der Waals surface area contributed by atoms with Crippen LogP contribution in [0.1, 0.15) is 12.8 Å². The number of methoxy groups -OCH3 is 1. The summed E-state index contributed by atoms with van der Waals surface area (Å²) >= 11 is 6.06. The van der Waals surface area contributed by atoms with Crippen LogP contribution in [0.5, 0.6) is 5.75 Å². The van der Waals surface area contributed by atoms with Crippen LogP contribution in [0, 0.1) is 16.0 Å². The number of carbonyl (C=O) groups excluding carboxylic acids is 1. The fraction of sp³-hybridized carbons (Fsp3) is 0.316. The lowest BCUT2D eigenvalue weighted by molar-refractivity contribution is -0.384. The van der Waals surface area contributed by atoms with E-state index in [1.54, 1.807) is 6.07 Å². The molecule has 30 heavy (non-hydrogen) atoms. The molecule has 0 spiro atoms.